The molecule has 0 radical (unpaired) electrons. The minimum atomic E-state index is -0.710. The number of pyridine rings is 1. The van der Waals surface area contributed by atoms with Gasteiger partial charge < -0.3 is 4.57 Å². The van der Waals surface area contributed by atoms with Gasteiger partial charge in [0.2, 0.25) is 0 Å². The second-order valence-electron chi connectivity index (χ2n) is 16.5. The largest absolute Gasteiger partial charge is 0.319 e. The van der Waals surface area contributed by atoms with Gasteiger partial charge in [-0.15, -0.1) is 22.6 Å². The maximum Gasteiger partial charge on any atom is 0.188 e. The zero-order valence-corrected chi connectivity index (χ0v) is 35.6. The molecule has 0 atom stereocenters. The van der Waals surface area contributed by atoms with Gasteiger partial charge in [0.05, 0.1) is 5.54 Å². The van der Waals surface area contributed by atoms with Gasteiger partial charge in [0.1, 0.15) is 5.82 Å². The number of rotatable bonds is 5. The number of benzene rings is 7. The van der Waals surface area contributed by atoms with Crippen LogP contribution in [0.2, 0.25) is 0 Å². The molecule has 0 bridgehead atoms. The Bertz CT molecular complexity index is 3210. The van der Waals surface area contributed by atoms with Gasteiger partial charge in [0.25, 0.3) is 0 Å². The van der Waals surface area contributed by atoms with Crippen molar-refractivity contribution in [2.24, 2.45) is 0 Å². The van der Waals surface area contributed by atoms with E-state index in [-0.39, 0.29) is 26.6 Å². The van der Waals surface area contributed by atoms with E-state index in [9.17, 15) is 0 Å². The molecule has 7 aromatic carbocycles. The first-order chi connectivity index (χ1) is 28.3. The molecule has 10 aromatic rings. The molecule has 0 unspecified atom stereocenters. The Morgan fingerprint density at radius 3 is 1.93 bits per heavy atom. The number of hydrogen-bond donors (Lipinski definition) is 0. The fourth-order valence-electron chi connectivity index (χ4n) is 9.57. The molecule has 1 aliphatic rings. The van der Waals surface area contributed by atoms with E-state index in [0.717, 1.165) is 50.1 Å². The SMILES string of the molecule is Cc1ccccc1-c1ccnc(-n2c3[c-]c(C4(c5[c-]c(-n6[cH+]n(C(C)(C)C)c7ccccc76)ccc5)c5ccccc5-c5ccccc54)ccc3c3ccccc32)c1.[Pt]. The molecule has 3 heterocycles. The standard InChI is InChI=1S/C54H41N4.Pt/c1-36-16-5-6-19-41(36)37-30-31-55-52(32-37)58-48-25-12-9-22-44(48)45-29-28-39(34-51(45)58)54(46-23-10-7-20-42(46)43-21-8-11-24-47(43)54)38-17-15-18-40(33-38)56-35-57(53(2,3)4)50-27-14-13-26-49(50)56;/h5-32,35H,1-4H3;/q-1;. The van der Waals surface area contributed by atoms with Crippen molar-refractivity contribution in [2.45, 2.75) is 38.6 Å². The number of hydrogen-bond acceptors (Lipinski definition) is 1. The van der Waals surface area contributed by atoms with Crippen LogP contribution in [0, 0.1) is 19.1 Å². The van der Waals surface area contributed by atoms with Crippen molar-refractivity contribution in [1.29, 1.82) is 0 Å². The van der Waals surface area contributed by atoms with Crippen LogP contribution < -0.4 is 0 Å². The number of imidazole rings is 1. The van der Waals surface area contributed by atoms with E-state index in [0.29, 0.717) is 0 Å². The Hall–Kier alpha value is -6.35. The van der Waals surface area contributed by atoms with Gasteiger partial charge in [-0.25, -0.2) is 14.1 Å². The molecule has 0 saturated heterocycles. The molecule has 1 aliphatic carbocycles. The molecule has 0 amide bonds. The smallest absolute Gasteiger partial charge is 0.188 e. The third-order valence-electron chi connectivity index (χ3n) is 12.2. The van der Waals surface area contributed by atoms with Crippen molar-refractivity contribution >= 4 is 32.8 Å². The molecule has 0 aliphatic heterocycles. The third kappa shape index (κ3) is 5.54. The summed E-state index contributed by atoms with van der Waals surface area (Å²) in [6, 6.07) is 67.4. The van der Waals surface area contributed by atoms with E-state index in [1.165, 1.54) is 44.3 Å². The third-order valence-corrected chi connectivity index (χ3v) is 12.2. The van der Waals surface area contributed by atoms with Crippen LogP contribution in [0.15, 0.2) is 176 Å². The van der Waals surface area contributed by atoms with Gasteiger partial charge in [-0.2, -0.15) is 30.3 Å². The van der Waals surface area contributed by atoms with Crippen LogP contribution in [-0.2, 0) is 32.0 Å². The summed E-state index contributed by atoms with van der Waals surface area (Å²) < 4.78 is 6.96. The van der Waals surface area contributed by atoms with Crippen LogP contribution in [0.25, 0.3) is 66.6 Å². The monoisotopic (exact) mass is 940 g/mol. The van der Waals surface area contributed by atoms with Crippen LogP contribution in [-0.4, -0.2) is 18.7 Å². The second kappa shape index (κ2) is 13.9. The topological polar surface area (TPSA) is 27.7 Å². The second-order valence-corrected chi connectivity index (χ2v) is 16.5. The Kier molecular flexibility index (Phi) is 8.70. The first-order valence-electron chi connectivity index (χ1n) is 20.1. The molecule has 0 saturated carbocycles. The summed E-state index contributed by atoms with van der Waals surface area (Å²) in [6.45, 7) is 8.93. The zero-order valence-electron chi connectivity index (χ0n) is 33.3. The van der Waals surface area contributed by atoms with Crippen LogP contribution in [0.5, 0.6) is 0 Å². The van der Waals surface area contributed by atoms with Crippen molar-refractivity contribution < 1.29 is 21.1 Å². The summed E-state index contributed by atoms with van der Waals surface area (Å²) in [7, 11) is 0. The molecule has 59 heavy (non-hydrogen) atoms. The van der Waals surface area contributed by atoms with Crippen LogP contribution >= 0.6 is 0 Å². The van der Waals surface area contributed by atoms with Crippen molar-refractivity contribution in [2.75, 3.05) is 0 Å². The summed E-state index contributed by atoms with van der Waals surface area (Å²) in [5, 5.41) is 2.31. The molecule has 0 fully saturated rings. The van der Waals surface area contributed by atoms with E-state index in [1.54, 1.807) is 0 Å². The summed E-state index contributed by atoms with van der Waals surface area (Å²) >= 11 is 0. The van der Waals surface area contributed by atoms with Crippen molar-refractivity contribution in [1.82, 2.24) is 18.7 Å². The molecule has 5 heteroatoms. The van der Waals surface area contributed by atoms with Gasteiger partial charge in [-0.3, -0.25) is 0 Å². The molecule has 0 N–H and O–H groups in total. The average Bonchev–Trinajstić information content (AvgIpc) is 3.91. The quantitative estimate of drug-likeness (QED) is 0.158. The predicted molar refractivity (Wildman–Crippen MR) is 238 cm³/mol. The maximum atomic E-state index is 5.03. The predicted octanol–water partition coefficient (Wildman–Crippen LogP) is 12.9. The zero-order chi connectivity index (χ0) is 39.2. The first-order valence-corrected chi connectivity index (χ1v) is 20.1. The van der Waals surface area contributed by atoms with E-state index >= 15 is 0 Å². The Labute approximate surface area is 359 Å². The fraction of sp³-hybridized carbons (Fsp3) is 0.111. The summed E-state index contributed by atoms with van der Waals surface area (Å²) in [4.78, 5) is 5.03. The summed E-state index contributed by atoms with van der Waals surface area (Å²) in [6.07, 6.45) is 4.17. The van der Waals surface area contributed by atoms with Crippen molar-refractivity contribution in [3.05, 3.63) is 216 Å². The molecule has 0 spiro atoms. The molecule has 11 rings (SSSR count). The molecule has 4 nitrogen and oxygen atoms in total. The number of fused-ring (bicyclic) bond motifs is 7. The van der Waals surface area contributed by atoms with E-state index in [4.69, 9.17) is 4.98 Å². The first kappa shape index (κ1) is 37.0. The number of para-hydroxylation sites is 3. The molecular weight excluding hydrogens is 900 g/mol. The van der Waals surface area contributed by atoms with Gasteiger partial charge >= 0.3 is 0 Å². The van der Waals surface area contributed by atoms with E-state index in [2.05, 4.69) is 224 Å². The molecule has 288 valence electrons. The van der Waals surface area contributed by atoms with Gasteiger partial charge in [-0.1, -0.05) is 103 Å². The Morgan fingerprint density at radius 2 is 1.20 bits per heavy atom. The number of aryl methyl sites for hydroxylation is 1. The van der Waals surface area contributed by atoms with Gasteiger partial charge in [0.15, 0.2) is 17.4 Å². The van der Waals surface area contributed by atoms with Crippen molar-refractivity contribution in [3.8, 4) is 33.8 Å². The van der Waals surface area contributed by atoms with Crippen LogP contribution in [0.4, 0.5) is 0 Å². The Morgan fingerprint density at radius 1 is 0.576 bits per heavy atom. The Balaban J connectivity index is 0.00000420. The van der Waals surface area contributed by atoms with Crippen LogP contribution in [0.3, 0.4) is 0 Å². The molecule has 3 aromatic heterocycles. The van der Waals surface area contributed by atoms with Crippen LogP contribution in [0.1, 0.15) is 48.6 Å². The minimum absolute atomic E-state index is 0. The number of nitrogens with zero attached hydrogens (tertiary/aromatic N) is 4. The summed E-state index contributed by atoms with van der Waals surface area (Å²) in [5.41, 5.74) is 15.2. The average molecular weight is 941 g/mol. The van der Waals surface area contributed by atoms with Gasteiger partial charge in [0, 0.05) is 56.0 Å². The number of aromatic nitrogens is 4. The normalized spacial score (nSPS) is 13.1. The van der Waals surface area contributed by atoms with Gasteiger partial charge in [-0.05, 0) is 102 Å². The van der Waals surface area contributed by atoms with Crippen molar-refractivity contribution in [3.63, 3.8) is 0 Å². The maximum absolute atomic E-state index is 5.03. The van der Waals surface area contributed by atoms with E-state index < -0.39 is 5.41 Å². The fourth-order valence-corrected chi connectivity index (χ4v) is 9.57. The van der Waals surface area contributed by atoms with E-state index in [1.807, 2.05) is 6.20 Å². The summed E-state index contributed by atoms with van der Waals surface area (Å²) in [5.74, 6) is 0.863. The minimum Gasteiger partial charge on any atom is -0.319 e. The molecular formula is C54H41N4Pt-.